The minimum absolute atomic E-state index is 0.363. The molecule has 0 N–H and O–H groups in total. The lowest BCUT2D eigenvalue weighted by atomic mass is 9.98. The highest BCUT2D eigenvalue weighted by Gasteiger charge is 2.15. The van der Waals surface area contributed by atoms with Crippen LogP contribution in [-0.4, -0.2) is 69.0 Å². The zero-order valence-corrected chi connectivity index (χ0v) is 53.1. The maximum atomic E-state index is 11.3. The topological polar surface area (TPSA) is 147 Å². The Morgan fingerprint density at radius 3 is 1.98 bits per heavy atom. The van der Waals surface area contributed by atoms with Gasteiger partial charge < -0.3 is 27.8 Å². The Hall–Kier alpha value is -9.31. The number of anilines is 1. The van der Waals surface area contributed by atoms with Gasteiger partial charge in [-0.15, -0.1) is 22.7 Å². The quantitative estimate of drug-likeness (QED) is 0.145. The predicted molar refractivity (Wildman–Crippen MR) is 359 cm³/mol. The van der Waals surface area contributed by atoms with Crippen molar-refractivity contribution in [3.05, 3.63) is 242 Å². The van der Waals surface area contributed by atoms with Crippen LogP contribution in [0.1, 0.15) is 83.5 Å². The molecule has 15 heteroatoms. The van der Waals surface area contributed by atoms with Crippen LogP contribution in [-0.2, 0) is 31.2 Å². The van der Waals surface area contributed by atoms with E-state index < -0.39 is 0 Å². The van der Waals surface area contributed by atoms with Crippen molar-refractivity contribution in [2.75, 3.05) is 32.2 Å². The number of thiazole rings is 2. The average molecular weight is 1200 g/mol. The van der Waals surface area contributed by atoms with Crippen LogP contribution < -0.4 is 9.64 Å². The summed E-state index contributed by atoms with van der Waals surface area (Å²) in [4.78, 5) is 38.4. The van der Waals surface area contributed by atoms with Gasteiger partial charge in [0.2, 0.25) is 0 Å². The summed E-state index contributed by atoms with van der Waals surface area (Å²) in [5, 5.41) is 0. The fourth-order valence-corrected chi connectivity index (χ4v) is 11.9. The first-order chi connectivity index (χ1) is 42.2. The van der Waals surface area contributed by atoms with Crippen LogP contribution >= 0.6 is 22.7 Å². The SMILES string of the molecule is COC(=O)c1cc(C)c2ocnc2c1.Cc1ccc2ncn(C)c2c1.Cc1cccc2c1C=NC2.Cc1cccc2c1CCCN2C.Cc1cccc2c1OCC2.Cc1cccc2ncoc12.Cc1cccc2ncsc12.Cc1cccc2scnc12. The van der Waals surface area contributed by atoms with Gasteiger partial charge in [-0.2, -0.15) is 0 Å². The van der Waals surface area contributed by atoms with Gasteiger partial charge in [0.25, 0.3) is 0 Å². The molecule has 0 saturated carbocycles. The lowest BCUT2D eigenvalue weighted by molar-refractivity contribution is 0.0600. The van der Waals surface area contributed by atoms with Crippen LogP contribution in [0.5, 0.6) is 5.75 Å². The molecule has 3 aliphatic heterocycles. The maximum absolute atomic E-state index is 11.3. The third-order valence-electron chi connectivity index (χ3n) is 15.1. The zero-order chi connectivity index (χ0) is 61.4. The van der Waals surface area contributed by atoms with Crippen molar-refractivity contribution in [1.82, 2.24) is 29.5 Å². The van der Waals surface area contributed by atoms with E-state index in [0.717, 1.165) is 64.1 Å². The van der Waals surface area contributed by atoms with E-state index in [4.69, 9.17) is 13.6 Å². The summed E-state index contributed by atoms with van der Waals surface area (Å²) in [6, 6.07) is 47.2. The van der Waals surface area contributed by atoms with Crippen molar-refractivity contribution >= 4 is 94.2 Å². The number of carbonyl (C=O) groups is 1. The van der Waals surface area contributed by atoms with Crippen LogP contribution in [0.3, 0.4) is 0 Å². The van der Waals surface area contributed by atoms with E-state index in [1.54, 1.807) is 40.4 Å². The largest absolute Gasteiger partial charge is 0.493 e. The standard InChI is InChI=1S/C11H15N.C10H9NO3.C9H10N2.C9H9N.C9H10O.C8H7NO.2C8H7NS/c1-9-5-3-7-11-10(9)6-4-8-12(11)2;1-6-3-7(10(12)13-2)4-8-9(6)14-5-11-8;1-7-3-4-8-9(5-7)11(2)6-10-8;1-7-3-2-4-8-5-10-6-9(7)8;1-7-3-2-4-8-5-6-10-9(7)8;1-6-3-2-4-7-8(6)10-5-9-7;1-6-3-2-4-7-8(6)9-5-10-7;1-6-3-2-4-7-8(6)10-5-9-7/h3,5,7H,4,6,8H2,1-2H3;3-5H,1-2H3;3-6H,1-2H3;2-4,6H,5H2,1H3;2-4H,5-6H2,1H3;3*2-5H,1H3. The van der Waals surface area contributed by atoms with Gasteiger partial charge in [-0.1, -0.05) is 91.0 Å². The average Bonchev–Trinajstić information content (AvgIpc) is 4.54. The number of fused-ring (bicyclic) bond motifs is 8. The number of ether oxygens (including phenoxy) is 2. The minimum Gasteiger partial charge on any atom is -0.493 e. The first-order valence-corrected chi connectivity index (χ1v) is 30.7. The number of esters is 1. The summed E-state index contributed by atoms with van der Waals surface area (Å²) in [6.07, 6.45) is 10.3. The van der Waals surface area contributed by atoms with Gasteiger partial charge in [0.1, 0.15) is 16.8 Å². The van der Waals surface area contributed by atoms with Gasteiger partial charge in [0, 0.05) is 44.5 Å². The third kappa shape index (κ3) is 15.8. The van der Waals surface area contributed by atoms with Gasteiger partial charge >= 0.3 is 5.97 Å². The molecular weight excluding hydrogens is 1120 g/mol. The Morgan fingerprint density at radius 2 is 1.24 bits per heavy atom. The van der Waals surface area contributed by atoms with Gasteiger partial charge in [-0.05, 0) is 178 Å². The summed E-state index contributed by atoms with van der Waals surface area (Å²) >= 11 is 3.39. The Balaban J connectivity index is 0.000000119. The molecule has 444 valence electrons. The number of para-hydroxylation sites is 3. The van der Waals surface area contributed by atoms with Crippen LogP contribution in [0.4, 0.5) is 5.69 Å². The lowest BCUT2D eigenvalue weighted by Gasteiger charge is -2.28. The molecule has 0 amide bonds. The van der Waals surface area contributed by atoms with E-state index in [1.165, 1.54) is 110 Å². The molecule has 0 radical (unpaired) electrons. The summed E-state index contributed by atoms with van der Waals surface area (Å²) in [6.45, 7) is 19.5. The Morgan fingerprint density at radius 1 is 0.575 bits per heavy atom. The lowest BCUT2D eigenvalue weighted by Crippen LogP contribution is -2.24. The smallest absolute Gasteiger partial charge is 0.337 e. The highest BCUT2D eigenvalue weighted by molar-refractivity contribution is 7.17. The Labute approximate surface area is 517 Å². The molecule has 0 unspecified atom stereocenters. The molecule has 0 aliphatic carbocycles. The van der Waals surface area contributed by atoms with Crippen LogP contribution in [0.25, 0.3) is 53.7 Å². The van der Waals surface area contributed by atoms with Crippen LogP contribution in [0.15, 0.2) is 183 Å². The summed E-state index contributed by atoms with van der Waals surface area (Å²) in [7, 11) is 5.54. The number of carbonyl (C=O) groups excluding carboxylic acids is 1. The molecule has 0 saturated heterocycles. The number of rotatable bonds is 1. The van der Waals surface area contributed by atoms with Crippen molar-refractivity contribution in [2.45, 2.75) is 81.2 Å². The molecule has 16 rings (SSSR count). The van der Waals surface area contributed by atoms with Crippen molar-refractivity contribution in [3.8, 4) is 5.75 Å². The second-order valence-corrected chi connectivity index (χ2v) is 23.3. The minimum atomic E-state index is -0.363. The van der Waals surface area contributed by atoms with Crippen molar-refractivity contribution in [2.24, 2.45) is 12.0 Å². The van der Waals surface area contributed by atoms with E-state index in [2.05, 4.69) is 179 Å². The van der Waals surface area contributed by atoms with Crippen LogP contribution in [0.2, 0.25) is 0 Å². The number of methoxy groups -OCH3 is 1. The van der Waals surface area contributed by atoms with Crippen LogP contribution in [0, 0.1) is 55.4 Å². The molecule has 0 fully saturated rings. The normalized spacial score (nSPS) is 12.1. The van der Waals surface area contributed by atoms with E-state index in [1.807, 2.05) is 85.4 Å². The molecule has 87 heavy (non-hydrogen) atoms. The summed E-state index contributed by atoms with van der Waals surface area (Å²) in [5.74, 6) is 0.750. The molecule has 13 aromatic rings. The number of nitrogens with zero attached hydrogens (tertiary/aromatic N) is 8. The van der Waals surface area contributed by atoms with Gasteiger partial charge in [0.05, 0.1) is 74.6 Å². The van der Waals surface area contributed by atoms with E-state index in [9.17, 15) is 4.79 Å². The summed E-state index contributed by atoms with van der Waals surface area (Å²) in [5.41, 5.74) is 28.9. The number of aryl methyl sites for hydroxylation is 9. The van der Waals surface area contributed by atoms with E-state index >= 15 is 0 Å². The molecule has 3 aliphatic rings. The molecule has 0 spiro atoms. The predicted octanol–water partition coefficient (Wildman–Crippen LogP) is 17.4. The molecular formula is C72H74N8O5S2. The second kappa shape index (κ2) is 29.7. The first kappa shape index (κ1) is 62.2. The van der Waals surface area contributed by atoms with Crippen molar-refractivity contribution in [3.63, 3.8) is 0 Å². The highest BCUT2D eigenvalue weighted by atomic mass is 32.1. The zero-order valence-electron chi connectivity index (χ0n) is 51.4. The molecule has 8 heterocycles. The fourth-order valence-electron chi connectivity index (χ4n) is 10.4. The van der Waals surface area contributed by atoms with Gasteiger partial charge in [-0.3, -0.25) is 4.99 Å². The van der Waals surface area contributed by atoms with Crippen molar-refractivity contribution < 1.29 is 23.1 Å². The monoisotopic (exact) mass is 1190 g/mol. The van der Waals surface area contributed by atoms with E-state index in [0.29, 0.717) is 16.7 Å². The number of aromatic nitrogens is 6. The number of imidazole rings is 1. The second-order valence-electron chi connectivity index (χ2n) is 21.5. The molecule has 13 nitrogen and oxygen atoms in total. The number of hydrogen-bond donors (Lipinski definition) is 0. The van der Waals surface area contributed by atoms with E-state index in [-0.39, 0.29) is 5.97 Å². The summed E-state index contributed by atoms with van der Waals surface area (Å²) < 4.78 is 25.0. The molecule has 0 bridgehead atoms. The van der Waals surface area contributed by atoms with Gasteiger partial charge in [0.15, 0.2) is 24.0 Å². The fraction of sp³-hybridized carbons (Fsp3) is 0.236. The van der Waals surface area contributed by atoms with Crippen molar-refractivity contribution in [1.29, 1.82) is 0 Å². The molecule has 5 aromatic heterocycles. The Kier molecular flexibility index (Phi) is 21.2. The molecule has 8 aromatic carbocycles. The maximum Gasteiger partial charge on any atom is 0.337 e. The van der Waals surface area contributed by atoms with Gasteiger partial charge in [-0.25, -0.2) is 29.7 Å². The Bertz CT molecular complexity index is 4280. The third-order valence-corrected chi connectivity index (χ3v) is 16.9. The molecule has 0 atom stereocenters. The number of oxazole rings is 2. The number of hydrogen-bond acceptors (Lipinski definition) is 14. The number of aliphatic imine (C=N–C) groups is 1. The number of benzene rings is 8. The highest BCUT2D eigenvalue weighted by Crippen LogP contribution is 2.30. The first-order valence-electron chi connectivity index (χ1n) is 28.9.